The van der Waals surface area contributed by atoms with Gasteiger partial charge in [0.1, 0.15) is 0 Å². The highest BCUT2D eigenvalue weighted by molar-refractivity contribution is 9.13. The van der Waals surface area contributed by atoms with E-state index < -0.39 is 11.9 Å². The van der Waals surface area contributed by atoms with Crippen molar-refractivity contribution in [2.24, 2.45) is 11.8 Å². The van der Waals surface area contributed by atoms with Gasteiger partial charge in [0, 0.05) is 22.3 Å². The van der Waals surface area contributed by atoms with Gasteiger partial charge in [0.15, 0.2) is 0 Å². The molecule has 21 heavy (non-hydrogen) atoms. The maximum atomic E-state index is 12.3. The first-order valence-corrected chi connectivity index (χ1v) is 9.18. The van der Waals surface area contributed by atoms with Crippen molar-refractivity contribution in [3.8, 4) is 0 Å². The summed E-state index contributed by atoms with van der Waals surface area (Å²) in [6.07, 6.45) is 0.717. The molecule has 1 aliphatic heterocycles. The topological polar surface area (TPSA) is 57.6 Å². The van der Waals surface area contributed by atoms with Crippen molar-refractivity contribution in [1.82, 2.24) is 4.90 Å². The minimum atomic E-state index is -0.832. The summed E-state index contributed by atoms with van der Waals surface area (Å²) in [5.74, 6) is -1.02. The molecule has 1 saturated heterocycles. The summed E-state index contributed by atoms with van der Waals surface area (Å²) in [5, 5.41) is 9.53. The molecular formula is C14H17Br2NO3S. The van der Waals surface area contributed by atoms with Crippen LogP contribution in [0.15, 0.2) is 14.3 Å². The Morgan fingerprint density at radius 3 is 2.67 bits per heavy atom. The average Bonchev–Trinajstić information content (AvgIpc) is 2.70. The van der Waals surface area contributed by atoms with Crippen LogP contribution in [0, 0.1) is 11.8 Å². The first kappa shape index (κ1) is 17.0. The van der Waals surface area contributed by atoms with Crippen molar-refractivity contribution in [3.05, 3.63) is 19.2 Å². The van der Waals surface area contributed by atoms with Crippen molar-refractivity contribution >= 4 is 55.1 Å². The van der Waals surface area contributed by atoms with E-state index in [4.69, 9.17) is 0 Å². The molecule has 7 heteroatoms. The van der Waals surface area contributed by atoms with Gasteiger partial charge in [-0.1, -0.05) is 13.8 Å². The maximum absolute atomic E-state index is 12.3. The number of halogens is 2. The molecule has 0 aliphatic carbocycles. The third-order valence-corrected chi connectivity index (χ3v) is 6.87. The second kappa shape index (κ2) is 6.79. The highest BCUT2D eigenvalue weighted by Crippen LogP contribution is 2.44. The molecule has 2 rings (SSSR count). The fourth-order valence-corrected chi connectivity index (χ4v) is 4.95. The Bertz CT molecular complexity index is 539. The Morgan fingerprint density at radius 2 is 2.19 bits per heavy atom. The lowest BCUT2D eigenvalue weighted by Gasteiger charge is -2.40. The van der Waals surface area contributed by atoms with Crippen molar-refractivity contribution in [1.29, 1.82) is 0 Å². The molecule has 116 valence electrons. The van der Waals surface area contributed by atoms with Gasteiger partial charge in [-0.15, -0.1) is 11.3 Å². The molecule has 2 atom stereocenters. The van der Waals surface area contributed by atoms with Crippen molar-refractivity contribution in [2.75, 3.05) is 6.54 Å². The van der Waals surface area contributed by atoms with Gasteiger partial charge in [0.2, 0.25) is 5.91 Å². The molecule has 0 spiro atoms. The number of carboxylic acids is 1. The van der Waals surface area contributed by atoms with E-state index in [2.05, 4.69) is 31.9 Å². The van der Waals surface area contributed by atoms with Crippen molar-refractivity contribution in [2.45, 2.75) is 32.7 Å². The lowest BCUT2D eigenvalue weighted by atomic mass is 9.87. The molecule has 0 aromatic carbocycles. The number of amides is 1. The van der Waals surface area contributed by atoms with Gasteiger partial charge < -0.3 is 10.0 Å². The first-order chi connectivity index (χ1) is 9.81. The quantitative estimate of drug-likeness (QED) is 0.762. The summed E-state index contributed by atoms with van der Waals surface area (Å²) in [6, 6.07) is 1.54. The molecule has 1 aliphatic rings. The number of rotatable bonds is 4. The van der Waals surface area contributed by atoms with E-state index in [1.165, 1.54) is 11.3 Å². The van der Waals surface area contributed by atoms with Crippen LogP contribution in [-0.4, -0.2) is 28.4 Å². The van der Waals surface area contributed by atoms with Gasteiger partial charge in [-0.3, -0.25) is 9.59 Å². The fraction of sp³-hybridized carbons (Fsp3) is 0.571. The van der Waals surface area contributed by atoms with Crippen molar-refractivity contribution in [3.63, 3.8) is 0 Å². The van der Waals surface area contributed by atoms with Gasteiger partial charge >= 0.3 is 5.97 Å². The Labute approximate surface area is 144 Å². The Kier molecular flexibility index (Phi) is 5.48. The van der Waals surface area contributed by atoms with Gasteiger partial charge in [-0.25, -0.2) is 0 Å². The zero-order valence-corrected chi connectivity index (χ0v) is 15.8. The molecule has 1 fully saturated rings. The van der Waals surface area contributed by atoms with E-state index in [-0.39, 0.29) is 11.9 Å². The molecule has 1 N–H and O–H groups in total. The highest BCUT2D eigenvalue weighted by Gasteiger charge is 2.41. The number of piperidine rings is 1. The molecule has 0 bridgehead atoms. The van der Waals surface area contributed by atoms with Crippen LogP contribution in [0.1, 0.15) is 37.6 Å². The van der Waals surface area contributed by atoms with E-state index in [1.807, 2.05) is 19.9 Å². The van der Waals surface area contributed by atoms with Crippen LogP contribution in [-0.2, 0) is 9.59 Å². The number of aliphatic carboxylic acids is 1. The third kappa shape index (κ3) is 3.68. The molecule has 0 saturated carbocycles. The van der Waals surface area contributed by atoms with Crippen LogP contribution >= 0.6 is 43.2 Å². The second-order valence-corrected chi connectivity index (χ2v) is 8.89. The lowest BCUT2D eigenvalue weighted by Crippen LogP contribution is -2.46. The predicted molar refractivity (Wildman–Crippen MR) is 89.4 cm³/mol. The number of carbonyl (C=O) groups is 2. The largest absolute Gasteiger partial charge is 0.481 e. The van der Waals surface area contributed by atoms with Gasteiger partial charge in [0.25, 0.3) is 0 Å². The number of carbonyl (C=O) groups excluding carboxylic acids is 1. The first-order valence-electron chi connectivity index (χ1n) is 6.78. The smallest absolute Gasteiger partial charge is 0.308 e. The molecule has 1 aromatic rings. The lowest BCUT2D eigenvalue weighted by molar-refractivity contribution is -0.152. The van der Waals surface area contributed by atoms with Crippen LogP contribution in [0.4, 0.5) is 0 Å². The van der Waals surface area contributed by atoms with E-state index in [9.17, 15) is 14.7 Å². The standard InChI is InChI=1S/C14H17Br2NO3S/c1-7(2)6-17-11(18)4-3-8(14(19)20)12(17)10-5-9(15)13(16)21-10/h5,7-8,12H,3-4,6H2,1-2H3,(H,19,20). The van der Waals surface area contributed by atoms with Crippen LogP contribution in [0.2, 0.25) is 0 Å². The molecule has 4 nitrogen and oxygen atoms in total. The average molecular weight is 439 g/mol. The zero-order chi connectivity index (χ0) is 15.7. The Balaban J connectivity index is 2.43. The monoisotopic (exact) mass is 437 g/mol. The summed E-state index contributed by atoms with van der Waals surface area (Å²) < 4.78 is 1.82. The number of nitrogens with zero attached hydrogens (tertiary/aromatic N) is 1. The van der Waals surface area contributed by atoms with Gasteiger partial charge in [-0.2, -0.15) is 0 Å². The van der Waals surface area contributed by atoms with Gasteiger partial charge in [0.05, 0.1) is 15.7 Å². The normalized spacial score (nSPS) is 22.9. The molecular weight excluding hydrogens is 422 g/mol. The van der Waals surface area contributed by atoms with Crippen LogP contribution < -0.4 is 0 Å². The summed E-state index contributed by atoms with van der Waals surface area (Å²) >= 11 is 8.37. The summed E-state index contributed by atoms with van der Waals surface area (Å²) in [5.41, 5.74) is 0. The summed E-state index contributed by atoms with van der Waals surface area (Å²) in [6.45, 7) is 4.66. The SMILES string of the molecule is CC(C)CN1C(=O)CCC(C(=O)O)C1c1cc(Br)c(Br)s1. The molecule has 1 aromatic heterocycles. The second-order valence-electron chi connectivity index (χ2n) is 5.64. The molecule has 1 amide bonds. The number of carboxylic acid groups (broad SMARTS) is 1. The Morgan fingerprint density at radius 1 is 1.52 bits per heavy atom. The van der Waals surface area contributed by atoms with Crippen LogP contribution in [0.5, 0.6) is 0 Å². The minimum Gasteiger partial charge on any atom is -0.481 e. The van der Waals surface area contributed by atoms with Crippen molar-refractivity contribution < 1.29 is 14.7 Å². The van der Waals surface area contributed by atoms with Crippen LogP contribution in [0.3, 0.4) is 0 Å². The number of hydrogen-bond donors (Lipinski definition) is 1. The predicted octanol–water partition coefficient (Wildman–Crippen LogP) is 4.29. The Hall–Kier alpha value is -0.400. The van der Waals surface area contributed by atoms with Crippen LogP contribution in [0.25, 0.3) is 0 Å². The van der Waals surface area contributed by atoms with E-state index in [1.54, 1.807) is 4.90 Å². The molecule has 2 unspecified atom stereocenters. The van der Waals surface area contributed by atoms with E-state index in [0.717, 1.165) is 13.1 Å². The zero-order valence-electron chi connectivity index (χ0n) is 11.8. The molecule has 0 radical (unpaired) electrons. The number of likely N-dealkylation sites (tertiary alicyclic amines) is 1. The van der Waals surface area contributed by atoms with E-state index in [0.29, 0.717) is 25.3 Å². The number of hydrogen-bond acceptors (Lipinski definition) is 3. The fourth-order valence-electron chi connectivity index (χ4n) is 2.68. The molecule has 2 heterocycles. The summed E-state index contributed by atoms with van der Waals surface area (Å²) in [4.78, 5) is 26.6. The maximum Gasteiger partial charge on any atom is 0.308 e. The number of thiophene rings is 1. The minimum absolute atomic E-state index is 0.0480. The third-order valence-electron chi connectivity index (χ3n) is 3.54. The van der Waals surface area contributed by atoms with E-state index >= 15 is 0 Å². The van der Waals surface area contributed by atoms with Gasteiger partial charge in [-0.05, 0) is 50.3 Å². The highest BCUT2D eigenvalue weighted by atomic mass is 79.9. The summed E-state index contributed by atoms with van der Waals surface area (Å²) in [7, 11) is 0.